The van der Waals surface area contributed by atoms with Gasteiger partial charge in [-0.05, 0) is 65.7 Å². The van der Waals surface area contributed by atoms with E-state index in [1.807, 2.05) is 44.2 Å². The second kappa shape index (κ2) is 9.29. The molecule has 1 amide bonds. The van der Waals surface area contributed by atoms with Gasteiger partial charge >= 0.3 is 5.97 Å². The van der Waals surface area contributed by atoms with Gasteiger partial charge in [-0.2, -0.15) is 5.26 Å². The molecular weight excluding hydrogens is 450 g/mol. The van der Waals surface area contributed by atoms with Crippen molar-refractivity contribution in [2.24, 2.45) is 0 Å². The zero-order chi connectivity index (χ0) is 21.7. The van der Waals surface area contributed by atoms with E-state index in [9.17, 15) is 14.9 Å². The molecule has 1 aromatic carbocycles. The highest BCUT2D eigenvalue weighted by Crippen LogP contribution is 2.29. The van der Waals surface area contributed by atoms with Crippen molar-refractivity contribution in [3.05, 3.63) is 75.8 Å². The van der Waals surface area contributed by atoms with Gasteiger partial charge in [0.25, 0.3) is 5.91 Å². The van der Waals surface area contributed by atoms with Crippen LogP contribution in [0.1, 0.15) is 22.6 Å². The molecule has 0 saturated carbocycles. The Labute approximate surface area is 181 Å². The fourth-order valence-electron chi connectivity index (χ4n) is 2.88. The van der Waals surface area contributed by atoms with Crippen molar-refractivity contribution in [3.8, 4) is 11.8 Å². The zero-order valence-electron chi connectivity index (χ0n) is 16.3. The minimum atomic E-state index is -0.691. The number of ether oxygens (including phenoxy) is 1. The lowest BCUT2D eigenvalue weighted by Gasteiger charge is -2.13. The van der Waals surface area contributed by atoms with Crippen LogP contribution in [0.2, 0.25) is 0 Å². The summed E-state index contributed by atoms with van der Waals surface area (Å²) in [5, 5.41) is 12.3. The maximum atomic E-state index is 12.4. The number of amides is 1. The summed E-state index contributed by atoms with van der Waals surface area (Å²) in [4.78, 5) is 24.3. The van der Waals surface area contributed by atoms with Gasteiger partial charge in [0, 0.05) is 17.5 Å². The van der Waals surface area contributed by atoms with E-state index in [-0.39, 0.29) is 0 Å². The number of furan rings is 1. The zero-order valence-corrected chi connectivity index (χ0v) is 17.9. The highest BCUT2D eigenvalue weighted by Gasteiger charge is 2.21. The second-order valence-corrected chi connectivity index (χ2v) is 7.13. The molecule has 0 radical (unpaired) electrons. The number of carbonyl (C=O) groups is 2. The number of esters is 1. The third-order valence-electron chi connectivity index (χ3n) is 4.42. The highest BCUT2D eigenvalue weighted by molar-refractivity contribution is 9.10. The third kappa shape index (κ3) is 4.70. The van der Waals surface area contributed by atoms with Crippen LogP contribution in [0.15, 0.2) is 57.6 Å². The van der Waals surface area contributed by atoms with Crippen LogP contribution in [0.25, 0.3) is 11.8 Å². The first-order chi connectivity index (χ1) is 14.4. The summed E-state index contributed by atoms with van der Waals surface area (Å²) >= 11 is 3.17. The largest absolute Gasteiger partial charge is 0.452 e. The minimum Gasteiger partial charge on any atom is -0.452 e. The molecule has 152 valence electrons. The fourth-order valence-corrected chi connectivity index (χ4v) is 3.20. The number of nitriles is 1. The SMILES string of the molecule is Cc1c(C#N)c(NC(=O)COC(=O)/C=C/c2ccc(Br)o2)n(-c2ccccc2)c1C. The molecule has 30 heavy (non-hydrogen) atoms. The molecule has 3 aromatic rings. The second-order valence-electron chi connectivity index (χ2n) is 6.35. The average molecular weight is 468 g/mol. The van der Waals surface area contributed by atoms with E-state index in [0.29, 0.717) is 21.8 Å². The Morgan fingerprint density at radius 3 is 2.60 bits per heavy atom. The van der Waals surface area contributed by atoms with Gasteiger partial charge in [0.05, 0.1) is 5.56 Å². The maximum Gasteiger partial charge on any atom is 0.331 e. The van der Waals surface area contributed by atoms with Gasteiger partial charge in [-0.25, -0.2) is 4.79 Å². The number of hydrogen-bond acceptors (Lipinski definition) is 5. The quantitative estimate of drug-likeness (QED) is 0.424. The van der Waals surface area contributed by atoms with Crippen LogP contribution in [0.4, 0.5) is 5.82 Å². The number of halogens is 1. The van der Waals surface area contributed by atoms with Crippen LogP contribution in [-0.4, -0.2) is 23.1 Å². The summed E-state index contributed by atoms with van der Waals surface area (Å²) in [5.74, 6) is -0.433. The van der Waals surface area contributed by atoms with E-state index in [0.717, 1.165) is 16.9 Å². The first kappa shape index (κ1) is 21.1. The molecular formula is C22H18BrN3O4. The Balaban J connectivity index is 1.72. The van der Waals surface area contributed by atoms with Gasteiger partial charge in [0.2, 0.25) is 0 Å². The van der Waals surface area contributed by atoms with Crippen molar-refractivity contribution >= 4 is 39.7 Å². The highest BCUT2D eigenvalue weighted by atomic mass is 79.9. The molecule has 0 atom stereocenters. The number of rotatable bonds is 6. The number of carbonyl (C=O) groups excluding carboxylic acids is 2. The van der Waals surface area contributed by atoms with E-state index in [2.05, 4.69) is 27.3 Å². The summed E-state index contributed by atoms with van der Waals surface area (Å²) < 4.78 is 12.6. The lowest BCUT2D eigenvalue weighted by Crippen LogP contribution is -2.22. The van der Waals surface area contributed by atoms with E-state index in [4.69, 9.17) is 9.15 Å². The van der Waals surface area contributed by atoms with Gasteiger partial charge in [-0.3, -0.25) is 9.36 Å². The van der Waals surface area contributed by atoms with Crippen LogP contribution in [0.5, 0.6) is 0 Å². The summed E-state index contributed by atoms with van der Waals surface area (Å²) in [6.45, 7) is 3.20. The number of para-hydroxylation sites is 1. The lowest BCUT2D eigenvalue weighted by atomic mass is 10.2. The van der Waals surface area contributed by atoms with E-state index in [1.165, 1.54) is 12.2 Å². The topological polar surface area (TPSA) is 97.3 Å². The van der Waals surface area contributed by atoms with Crippen molar-refractivity contribution in [1.29, 1.82) is 5.26 Å². The van der Waals surface area contributed by atoms with Crippen LogP contribution in [-0.2, 0) is 14.3 Å². The van der Waals surface area contributed by atoms with Gasteiger partial charge in [-0.1, -0.05) is 18.2 Å². The van der Waals surface area contributed by atoms with Crippen molar-refractivity contribution < 1.29 is 18.7 Å². The van der Waals surface area contributed by atoms with Crippen LogP contribution < -0.4 is 5.32 Å². The summed E-state index contributed by atoms with van der Waals surface area (Å²) in [5.41, 5.74) is 2.76. The molecule has 0 fully saturated rings. The summed E-state index contributed by atoms with van der Waals surface area (Å²) in [6.07, 6.45) is 2.60. The lowest BCUT2D eigenvalue weighted by molar-refractivity contribution is -0.142. The number of nitrogens with one attached hydrogen (secondary N) is 1. The van der Waals surface area contributed by atoms with E-state index in [1.54, 1.807) is 16.7 Å². The molecule has 2 heterocycles. The number of anilines is 1. The monoisotopic (exact) mass is 467 g/mol. The van der Waals surface area contributed by atoms with E-state index < -0.39 is 18.5 Å². The van der Waals surface area contributed by atoms with Gasteiger partial charge in [-0.15, -0.1) is 0 Å². The normalized spacial score (nSPS) is 10.7. The molecule has 1 N–H and O–H groups in total. The number of benzene rings is 1. The fraction of sp³-hybridized carbons (Fsp3) is 0.136. The summed E-state index contributed by atoms with van der Waals surface area (Å²) in [7, 11) is 0. The predicted octanol–water partition coefficient (Wildman–Crippen LogP) is 4.52. The molecule has 0 bridgehead atoms. The Kier molecular flexibility index (Phi) is 6.54. The molecule has 0 unspecified atom stereocenters. The molecule has 0 aliphatic rings. The molecule has 0 aliphatic heterocycles. The van der Waals surface area contributed by atoms with Gasteiger partial charge < -0.3 is 14.5 Å². The first-order valence-corrected chi connectivity index (χ1v) is 9.77. The Morgan fingerprint density at radius 2 is 1.97 bits per heavy atom. The van der Waals surface area contributed by atoms with Crippen molar-refractivity contribution in [2.75, 3.05) is 11.9 Å². The van der Waals surface area contributed by atoms with Crippen molar-refractivity contribution in [1.82, 2.24) is 4.57 Å². The van der Waals surface area contributed by atoms with Crippen LogP contribution in [0, 0.1) is 25.2 Å². The van der Waals surface area contributed by atoms with Crippen LogP contribution in [0.3, 0.4) is 0 Å². The number of aromatic nitrogens is 1. The van der Waals surface area contributed by atoms with E-state index >= 15 is 0 Å². The first-order valence-electron chi connectivity index (χ1n) is 8.98. The summed E-state index contributed by atoms with van der Waals surface area (Å²) in [6, 6.07) is 14.9. The molecule has 0 saturated heterocycles. The standard InChI is InChI=1S/C22H18BrN3O4/c1-14-15(2)26(16-6-4-3-5-7-16)22(18(14)12-24)25-20(27)13-29-21(28)11-9-17-8-10-19(23)30-17/h3-11H,13H2,1-2H3,(H,25,27)/b11-9+. The third-order valence-corrected chi connectivity index (χ3v) is 4.85. The molecule has 2 aromatic heterocycles. The molecule has 0 spiro atoms. The molecule has 7 nitrogen and oxygen atoms in total. The van der Waals surface area contributed by atoms with Crippen molar-refractivity contribution in [3.63, 3.8) is 0 Å². The average Bonchev–Trinajstić information content (AvgIpc) is 3.26. The van der Waals surface area contributed by atoms with Crippen LogP contribution >= 0.6 is 15.9 Å². The van der Waals surface area contributed by atoms with Crippen molar-refractivity contribution in [2.45, 2.75) is 13.8 Å². The van der Waals surface area contributed by atoms with Gasteiger partial charge in [0.1, 0.15) is 17.6 Å². The minimum absolute atomic E-state index is 0.343. The molecule has 0 aliphatic carbocycles. The smallest absolute Gasteiger partial charge is 0.331 e. The Hall–Kier alpha value is -3.57. The van der Waals surface area contributed by atoms with Gasteiger partial charge in [0.15, 0.2) is 11.3 Å². The molecule has 8 heteroatoms. The number of nitrogens with zero attached hydrogens (tertiary/aromatic N) is 2. The molecule has 3 rings (SSSR count). The predicted molar refractivity (Wildman–Crippen MR) is 115 cm³/mol. The Bertz CT molecular complexity index is 1150. The Morgan fingerprint density at radius 1 is 1.23 bits per heavy atom. The maximum absolute atomic E-state index is 12.4. The number of hydrogen-bond donors (Lipinski definition) is 1.